The number of nitrogens with zero attached hydrogens (tertiary/aromatic N) is 3. The topological polar surface area (TPSA) is 94.5 Å². The van der Waals surface area contributed by atoms with E-state index in [2.05, 4.69) is 15.0 Å². The Balaban J connectivity index is 1.83. The quantitative estimate of drug-likeness (QED) is 0.775. The summed E-state index contributed by atoms with van der Waals surface area (Å²) in [6.45, 7) is 2.60. The van der Waals surface area contributed by atoms with Crippen molar-refractivity contribution in [1.82, 2.24) is 15.0 Å². The Bertz CT molecular complexity index is 413. The maximum absolute atomic E-state index is 10.9. The van der Waals surface area contributed by atoms with Crippen molar-refractivity contribution in [2.75, 3.05) is 33.4 Å². The molecular weight excluding hydrogens is 248 g/mol. The van der Waals surface area contributed by atoms with Crippen molar-refractivity contribution in [2.24, 2.45) is 5.73 Å². The average molecular weight is 268 g/mol. The number of nitrogens with two attached hydrogens (primary N) is 1. The first-order valence-electron chi connectivity index (χ1n) is 6.51. The average Bonchev–Trinajstić information content (AvgIpc) is 2.85. The Kier molecular flexibility index (Phi) is 4.86. The summed E-state index contributed by atoms with van der Waals surface area (Å²) >= 11 is 0. The van der Waals surface area contributed by atoms with Gasteiger partial charge in [0.25, 0.3) is 0 Å². The maximum atomic E-state index is 10.9. The standard InChI is InChI=1S/C12H20N4O3/c1-18-7-4-11-14-12(19-15-11)9-2-5-16(6-3-9)8-10(13)17/h9H,2-8H2,1H3,(H2,13,17). The van der Waals surface area contributed by atoms with Crippen LogP contribution in [0.1, 0.15) is 30.5 Å². The smallest absolute Gasteiger partial charge is 0.231 e. The summed E-state index contributed by atoms with van der Waals surface area (Å²) in [5.74, 6) is 1.40. The lowest BCUT2D eigenvalue weighted by Gasteiger charge is -2.29. The second-order valence-electron chi connectivity index (χ2n) is 4.81. The van der Waals surface area contributed by atoms with Crippen molar-refractivity contribution < 1.29 is 14.1 Å². The van der Waals surface area contributed by atoms with Crippen LogP contribution in [-0.4, -0.2) is 54.3 Å². The van der Waals surface area contributed by atoms with Crippen LogP contribution < -0.4 is 5.73 Å². The fourth-order valence-electron chi connectivity index (χ4n) is 2.29. The molecule has 7 heteroatoms. The van der Waals surface area contributed by atoms with E-state index >= 15 is 0 Å². The first kappa shape index (κ1) is 14.0. The summed E-state index contributed by atoms with van der Waals surface area (Å²) < 4.78 is 10.3. The summed E-state index contributed by atoms with van der Waals surface area (Å²) in [6, 6.07) is 0. The van der Waals surface area contributed by atoms with Crippen LogP contribution in [0.4, 0.5) is 0 Å². The van der Waals surface area contributed by atoms with Crippen LogP contribution in [0.2, 0.25) is 0 Å². The second kappa shape index (κ2) is 6.63. The number of likely N-dealkylation sites (tertiary alicyclic amines) is 1. The van der Waals surface area contributed by atoms with E-state index in [9.17, 15) is 4.79 Å². The zero-order valence-corrected chi connectivity index (χ0v) is 11.2. The van der Waals surface area contributed by atoms with E-state index < -0.39 is 0 Å². The van der Waals surface area contributed by atoms with Crippen LogP contribution >= 0.6 is 0 Å². The molecule has 7 nitrogen and oxygen atoms in total. The van der Waals surface area contributed by atoms with Crippen molar-refractivity contribution in [1.29, 1.82) is 0 Å². The van der Waals surface area contributed by atoms with E-state index in [0.29, 0.717) is 31.3 Å². The summed E-state index contributed by atoms with van der Waals surface area (Å²) in [4.78, 5) is 17.3. The van der Waals surface area contributed by atoms with Gasteiger partial charge >= 0.3 is 0 Å². The highest BCUT2D eigenvalue weighted by Crippen LogP contribution is 2.26. The Morgan fingerprint density at radius 1 is 1.53 bits per heavy atom. The van der Waals surface area contributed by atoms with Crippen LogP contribution in [0.3, 0.4) is 0 Å². The van der Waals surface area contributed by atoms with Crippen LogP contribution in [0.5, 0.6) is 0 Å². The molecule has 1 aromatic heterocycles. The molecule has 1 saturated heterocycles. The van der Waals surface area contributed by atoms with E-state index in [0.717, 1.165) is 25.9 Å². The minimum atomic E-state index is -0.280. The third-order valence-electron chi connectivity index (χ3n) is 3.33. The number of hydrogen-bond acceptors (Lipinski definition) is 6. The normalized spacial score (nSPS) is 17.7. The Labute approximate surface area is 112 Å². The second-order valence-corrected chi connectivity index (χ2v) is 4.81. The number of carbonyl (C=O) groups excluding carboxylic acids is 1. The zero-order valence-electron chi connectivity index (χ0n) is 11.2. The first-order valence-corrected chi connectivity index (χ1v) is 6.51. The van der Waals surface area contributed by atoms with Gasteiger partial charge in [0.15, 0.2) is 5.82 Å². The van der Waals surface area contributed by atoms with Crippen molar-refractivity contribution >= 4 is 5.91 Å². The van der Waals surface area contributed by atoms with Gasteiger partial charge in [0, 0.05) is 19.4 Å². The third-order valence-corrected chi connectivity index (χ3v) is 3.33. The zero-order chi connectivity index (χ0) is 13.7. The fourth-order valence-corrected chi connectivity index (χ4v) is 2.29. The minimum Gasteiger partial charge on any atom is -0.384 e. The Hall–Kier alpha value is -1.47. The maximum Gasteiger partial charge on any atom is 0.231 e. The van der Waals surface area contributed by atoms with Gasteiger partial charge in [-0.25, -0.2) is 0 Å². The molecule has 2 rings (SSSR count). The van der Waals surface area contributed by atoms with E-state index in [1.54, 1.807) is 7.11 Å². The molecule has 106 valence electrons. The van der Waals surface area contributed by atoms with Gasteiger partial charge in [-0.2, -0.15) is 4.98 Å². The molecule has 2 N–H and O–H groups in total. The lowest BCUT2D eigenvalue weighted by Crippen LogP contribution is -2.39. The van der Waals surface area contributed by atoms with Gasteiger partial charge in [-0.1, -0.05) is 5.16 Å². The van der Waals surface area contributed by atoms with Crippen LogP contribution in [0, 0.1) is 0 Å². The molecule has 0 aromatic carbocycles. The molecule has 1 amide bonds. The summed E-state index contributed by atoms with van der Waals surface area (Å²) in [5, 5.41) is 3.94. The van der Waals surface area contributed by atoms with Crippen molar-refractivity contribution in [3.63, 3.8) is 0 Å². The van der Waals surface area contributed by atoms with Gasteiger partial charge in [-0.05, 0) is 25.9 Å². The highest BCUT2D eigenvalue weighted by Gasteiger charge is 2.25. The summed E-state index contributed by atoms with van der Waals surface area (Å²) in [5.41, 5.74) is 5.19. The Morgan fingerprint density at radius 3 is 2.89 bits per heavy atom. The molecule has 19 heavy (non-hydrogen) atoms. The molecule has 1 aliphatic heterocycles. The lowest BCUT2D eigenvalue weighted by molar-refractivity contribution is -0.119. The number of carbonyl (C=O) groups is 1. The van der Waals surface area contributed by atoms with E-state index in [1.807, 2.05) is 0 Å². The summed E-state index contributed by atoms with van der Waals surface area (Å²) in [6.07, 6.45) is 2.50. The highest BCUT2D eigenvalue weighted by molar-refractivity contribution is 5.75. The monoisotopic (exact) mass is 268 g/mol. The van der Waals surface area contributed by atoms with Crippen molar-refractivity contribution in [3.8, 4) is 0 Å². The number of piperidine rings is 1. The van der Waals surface area contributed by atoms with Gasteiger partial charge < -0.3 is 15.0 Å². The largest absolute Gasteiger partial charge is 0.384 e. The van der Waals surface area contributed by atoms with Crippen molar-refractivity contribution in [2.45, 2.75) is 25.2 Å². The number of rotatable bonds is 6. The number of aromatic nitrogens is 2. The highest BCUT2D eigenvalue weighted by atomic mass is 16.5. The SMILES string of the molecule is COCCc1noc(C2CCN(CC(N)=O)CC2)n1. The van der Waals surface area contributed by atoms with Gasteiger partial charge in [-0.3, -0.25) is 9.69 Å². The summed E-state index contributed by atoms with van der Waals surface area (Å²) in [7, 11) is 1.65. The molecule has 0 bridgehead atoms. The molecule has 0 spiro atoms. The van der Waals surface area contributed by atoms with E-state index in [4.69, 9.17) is 15.0 Å². The molecule has 0 saturated carbocycles. The number of ether oxygens (including phenoxy) is 1. The molecule has 0 radical (unpaired) electrons. The fraction of sp³-hybridized carbons (Fsp3) is 0.750. The molecule has 1 fully saturated rings. The minimum absolute atomic E-state index is 0.280. The molecular formula is C12H20N4O3. The number of amides is 1. The molecule has 1 aromatic rings. The predicted octanol–water partition coefficient (Wildman–Crippen LogP) is -0.0768. The van der Waals surface area contributed by atoms with Gasteiger partial charge in [0.1, 0.15) is 0 Å². The molecule has 0 unspecified atom stereocenters. The van der Waals surface area contributed by atoms with E-state index in [1.165, 1.54) is 0 Å². The Morgan fingerprint density at radius 2 is 2.26 bits per heavy atom. The van der Waals surface area contributed by atoms with Crippen molar-refractivity contribution in [3.05, 3.63) is 11.7 Å². The van der Waals surface area contributed by atoms with Crippen LogP contribution in [0.25, 0.3) is 0 Å². The number of primary amides is 1. The molecule has 0 atom stereocenters. The third kappa shape index (κ3) is 4.00. The van der Waals surface area contributed by atoms with E-state index in [-0.39, 0.29) is 11.8 Å². The van der Waals surface area contributed by atoms with Crippen LogP contribution in [-0.2, 0) is 16.0 Å². The van der Waals surface area contributed by atoms with Gasteiger partial charge in [0.2, 0.25) is 11.8 Å². The predicted molar refractivity (Wildman–Crippen MR) is 67.5 cm³/mol. The molecule has 1 aliphatic rings. The van der Waals surface area contributed by atoms with Gasteiger partial charge in [0.05, 0.1) is 13.2 Å². The first-order chi connectivity index (χ1) is 9.19. The lowest BCUT2D eigenvalue weighted by atomic mass is 9.97. The van der Waals surface area contributed by atoms with Gasteiger partial charge in [-0.15, -0.1) is 0 Å². The molecule has 2 heterocycles. The van der Waals surface area contributed by atoms with Crippen LogP contribution in [0.15, 0.2) is 4.52 Å². The number of hydrogen-bond donors (Lipinski definition) is 1. The number of methoxy groups -OCH3 is 1. The molecule has 0 aliphatic carbocycles.